The molecule has 0 bridgehead atoms. The molecule has 10 heteroatoms. The second-order valence-electron chi connectivity index (χ2n) is 8.09. The first kappa shape index (κ1) is 28.0. The number of benzene rings is 2. The highest BCUT2D eigenvalue weighted by molar-refractivity contribution is 7.92. The van der Waals surface area contributed by atoms with E-state index in [4.69, 9.17) is 23.2 Å². The van der Waals surface area contributed by atoms with Crippen LogP contribution in [0.4, 0.5) is 5.69 Å². The molecule has 0 aliphatic carbocycles. The number of amides is 2. The highest BCUT2D eigenvalue weighted by Gasteiger charge is 2.31. The first-order valence-corrected chi connectivity index (χ1v) is 13.6. The Morgan fingerprint density at radius 1 is 1.06 bits per heavy atom. The number of sulfonamides is 1. The predicted molar refractivity (Wildman–Crippen MR) is 138 cm³/mol. The third-order valence-electron chi connectivity index (χ3n) is 5.24. The van der Waals surface area contributed by atoms with E-state index in [-0.39, 0.29) is 28.2 Å². The Morgan fingerprint density at radius 2 is 1.76 bits per heavy atom. The molecule has 0 aliphatic heterocycles. The smallest absolute Gasteiger partial charge is 0.244 e. The van der Waals surface area contributed by atoms with Crippen molar-refractivity contribution in [3.8, 4) is 0 Å². The molecule has 1 atom stereocenters. The second kappa shape index (κ2) is 12.4. The van der Waals surface area contributed by atoms with Crippen molar-refractivity contribution in [3.63, 3.8) is 0 Å². The van der Waals surface area contributed by atoms with Crippen molar-refractivity contribution in [2.75, 3.05) is 23.7 Å². The highest BCUT2D eigenvalue weighted by Crippen LogP contribution is 2.28. The van der Waals surface area contributed by atoms with E-state index in [9.17, 15) is 18.0 Å². The number of aryl methyl sites for hydroxylation is 1. The summed E-state index contributed by atoms with van der Waals surface area (Å²) in [6, 6.07) is 11.2. The number of carbonyl (C=O) groups excluding carboxylic acids is 2. The second-order valence-corrected chi connectivity index (χ2v) is 10.8. The standard InChI is InChI=1S/C24H31Cl2N3O4S/c1-5-12-27-24(31)22(6-2)28(15-18-9-7-8-17(3)13-18)23(30)16-29(34(4,32)33)19-10-11-20(25)21(26)14-19/h7-11,13-14,22H,5-6,12,15-16H2,1-4H3,(H,27,31). The minimum Gasteiger partial charge on any atom is -0.354 e. The summed E-state index contributed by atoms with van der Waals surface area (Å²) in [6.07, 6.45) is 2.14. The van der Waals surface area contributed by atoms with Crippen LogP contribution >= 0.6 is 23.2 Å². The van der Waals surface area contributed by atoms with Crippen LogP contribution < -0.4 is 9.62 Å². The van der Waals surface area contributed by atoms with E-state index in [0.29, 0.717) is 13.0 Å². The third kappa shape index (κ3) is 7.61. The molecule has 186 valence electrons. The van der Waals surface area contributed by atoms with Gasteiger partial charge in [0.1, 0.15) is 12.6 Å². The summed E-state index contributed by atoms with van der Waals surface area (Å²) >= 11 is 12.1. The van der Waals surface area contributed by atoms with E-state index in [1.165, 1.54) is 23.1 Å². The fourth-order valence-electron chi connectivity index (χ4n) is 3.55. The largest absolute Gasteiger partial charge is 0.354 e. The molecule has 2 aromatic rings. The third-order valence-corrected chi connectivity index (χ3v) is 7.12. The Morgan fingerprint density at radius 3 is 2.32 bits per heavy atom. The Balaban J connectivity index is 2.44. The molecule has 0 aromatic heterocycles. The molecular formula is C24H31Cl2N3O4S. The summed E-state index contributed by atoms with van der Waals surface area (Å²) in [5.74, 6) is -0.776. The van der Waals surface area contributed by atoms with Gasteiger partial charge in [-0.2, -0.15) is 0 Å². The molecule has 1 N–H and O–H groups in total. The molecular weight excluding hydrogens is 497 g/mol. The number of carbonyl (C=O) groups is 2. The first-order chi connectivity index (χ1) is 16.0. The summed E-state index contributed by atoms with van der Waals surface area (Å²) in [7, 11) is -3.84. The molecule has 0 saturated carbocycles. The average molecular weight is 529 g/mol. The number of halogens is 2. The van der Waals surface area contributed by atoms with Crippen molar-refractivity contribution in [3.05, 3.63) is 63.6 Å². The molecule has 0 radical (unpaired) electrons. The Bertz CT molecular complexity index is 1120. The van der Waals surface area contributed by atoms with E-state index in [1.807, 2.05) is 45.0 Å². The zero-order chi connectivity index (χ0) is 25.5. The summed E-state index contributed by atoms with van der Waals surface area (Å²) in [5, 5.41) is 3.29. The summed E-state index contributed by atoms with van der Waals surface area (Å²) < 4.78 is 26.2. The van der Waals surface area contributed by atoms with E-state index >= 15 is 0 Å². The van der Waals surface area contributed by atoms with Gasteiger partial charge in [-0.25, -0.2) is 8.42 Å². The van der Waals surface area contributed by atoms with Crippen molar-refractivity contribution < 1.29 is 18.0 Å². The van der Waals surface area contributed by atoms with Crippen LogP contribution in [-0.2, 0) is 26.2 Å². The molecule has 2 amide bonds. The van der Waals surface area contributed by atoms with E-state index in [1.54, 1.807) is 0 Å². The SMILES string of the molecule is CCCNC(=O)C(CC)N(Cc1cccc(C)c1)C(=O)CN(c1ccc(Cl)c(Cl)c1)S(C)(=O)=O. The summed E-state index contributed by atoms with van der Waals surface area (Å²) in [6.45, 7) is 5.87. The number of rotatable bonds is 11. The van der Waals surface area contributed by atoms with Crippen LogP contribution in [0.5, 0.6) is 0 Å². The van der Waals surface area contributed by atoms with Gasteiger partial charge in [-0.3, -0.25) is 13.9 Å². The Hall–Kier alpha value is -2.29. The van der Waals surface area contributed by atoms with Gasteiger partial charge in [0.2, 0.25) is 21.8 Å². The van der Waals surface area contributed by atoms with Crippen LogP contribution in [0.2, 0.25) is 10.0 Å². The minimum atomic E-state index is -3.84. The van der Waals surface area contributed by atoms with Gasteiger partial charge in [-0.1, -0.05) is 66.9 Å². The van der Waals surface area contributed by atoms with Crippen LogP contribution in [0.3, 0.4) is 0 Å². The van der Waals surface area contributed by atoms with Crippen molar-refractivity contribution in [1.29, 1.82) is 0 Å². The number of hydrogen-bond donors (Lipinski definition) is 1. The van der Waals surface area contributed by atoms with Gasteiger partial charge in [0.25, 0.3) is 0 Å². The normalized spacial score (nSPS) is 12.2. The molecule has 34 heavy (non-hydrogen) atoms. The maximum atomic E-state index is 13.6. The lowest BCUT2D eigenvalue weighted by Crippen LogP contribution is -2.52. The van der Waals surface area contributed by atoms with Crippen molar-refractivity contribution in [2.24, 2.45) is 0 Å². The molecule has 0 aliphatic rings. The predicted octanol–water partition coefficient (Wildman–Crippen LogP) is 4.40. The minimum absolute atomic E-state index is 0.164. The van der Waals surface area contributed by atoms with Gasteiger partial charge in [0.15, 0.2) is 0 Å². The van der Waals surface area contributed by atoms with Crippen molar-refractivity contribution in [1.82, 2.24) is 10.2 Å². The van der Waals surface area contributed by atoms with Crippen LogP contribution in [0.25, 0.3) is 0 Å². The quantitative estimate of drug-likeness (QED) is 0.469. The monoisotopic (exact) mass is 527 g/mol. The van der Waals surface area contributed by atoms with Gasteiger partial charge in [0.05, 0.1) is 22.0 Å². The van der Waals surface area contributed by atoms with Gasteiger partial charge < -0.3 is 10.2 Å². The van der Waals surface area contributed by atoms with Crippen LogP contribution in [0, 0.1) is 6.92 Å². The Kier molecular flexibility index (Phi) is 10.2. The lowest BCUT2D eigenvalue weighted by molar-refractivity contribution is -0.140. The molecule has 7 nitrogen and oxygen atoms in total. The molecule has 0 spiro atoms. The molecule has 0 heterocycles. The molecule has 2 rings (SSSR count). The van der Waals surface area contributed by atoms with Crippen LogP contribution in [-0.4, -0.2) is 50.5 Å². The van der Waals surface area contributed by atoms with Gasteiger partial charge in [-0.15, -0.1) is 0 Å². The first-order valence-electron chi connectivity index (χ1n) is 11.0. The topological polar surface area (TPSA) is 86.8 Å². The molecule has 0 saturated heterocycles. The van der Waals surface area contributed by atoms with E-state index in [0.717, 1.165) is 28.1 Å². The number of nitrogens with one attached hydrogen (secondary N) is 1. The van der Waals surface area contributed by atoms with Gasteiger partial charge in [0, 0.05) is 13.1 Å². The molecule has 1 unspecified atom stereocenters. The van der Waals surface area contributed by atoms with Crippen molar-refractivity contribution in [2.45, 2.75) is 46.2 Å². The Labute approximate surface area is 212 Å². The van der Waals surface area contributed by atoms with E-state index in [2.05, 4.69) is 5.32 Å². The maximum absolute atomic E-state index is 13.6. The highest BCUT2D eigenvalue weighted by atomic mass is 35.5. The average Bonchev–Trinajstić information content (AvgIpc) is 2.77. The summed E-state index contributed by atoms with van der Waals surface area (Å²) in [4.78, 5) is 27.9. The van der Waals surface area contributed by atoms with Crippen LogP contribution in [0.15, 0.2) is 42.5 Å². The fourth-order valence-corrected chi connectivity index (χ4v) is 4.68. The molecule has 0 fully saturated rings. The van der Waals surface area contributed by atoms with Gasteiger partial charge >= 0.3 is 0 Å². The zero-order valence-electron chi connectivity index (χ0n) is 19.8. The number of hydrogen-bond acceptors (Lipinski definition) is 4. The fraction of sp³-hybridized carbons (Fsp3) is 0.417. The van der Waals surface area contributed by atoms with Crippen molar-refractivity contribution >= 4 is 50.7 Å². The maximum Gasteiger partial charge on any atom is 0.244 e. The number of nitrogens with zero attached hydrogens (tertiary/aromatic N) is 2. The summed E-state index contributed by atoms with van der Waals surface area (Å²) in [5.41, 5.74) is 2.07. The van der Waals surface area contributed by atoms with Gasteiger partial charge in [-0.05, 0) is 43.5 Å². The lowest BCUT2D eigenvalue weighted by atomic mass is 10.1. The molecule has 2 aromatic carbocycles. The van der Waals surface area contributed by atoms with Crippen LogP contribution in [0.1, 0.15) is 37.8 Å². The van der Waals surface area contributed by atoms with E-state index < -0.39 is 28.5 Å². The zero-order valence-corrected chi connectivity index (χ0v) is 22.2. The lowest BCUT2D eigenvalue weighted by Gasteiger charge is -2.33. The number of anilines is 1.